The molecule has 8 heteroatoms. The van der Waals surface area contributed by atoms with Crippen molar-refractivity contribution in [2.24, 2.45) is 0 Å². The van der Waals surface area contributed by atoms with Gasteiger partial charge in [0.05, 0.1) is 11.3 Å². The molecule has 0 aliphatic carbocycles. The number of amides is 2. The standard InChI is InChI=1S/C16H14N4O2S2/c1-10(21)17-12-6-4-11(5-7-12)9-14(22)18-16-20-19-15(24-16)13-3-2-8-23-13/h2-8H,9H2,1H3,(H,17,21)(H,18,20,22). The molecule has 0 unspecified atom stereocenters. The highest BCUT2D eigenvalue weighted by Crippen LogP contribution is 2.29. The van der Waals surface area contributed by atoms with E-state index < -0.39 is 0 Å². The summed E-state index contributed by atoms with van der Waals surface area (Å²) in [5, 5.41) is 16.8. The van der Waals surface area contributed by atoms with Gasteiger partial charge in [-0.2, -0.15) is 0 Å². The molecule has 0 atom stereocenters. The molecule has 24 heavy (non-hydrogen) atoms. The fraction of sp³-hybridized carbons (Fsp3) is 0.125. The number of hydrogen-bond acceptors (Lipinski definition) is 6. The quantitative estimate of drug-likeness (QED) is 0.732. The van der Waals surface area contributed by atoms with E-state index in [2.05, 4.69) is 20.8 Å². The number of benzene rings is 1. The van der Waals surface area contributed by atoms with Crippen LogP contribution in [0.25, 0.3) is 9.88 Å². The lowest BCUT2D eigenvalue weighted by Gasteiger charge is -2.04. The minimum atomic E-state index is -0.156. The number of rotatable bonds is 5. The molecule has 6 nitrogen and oxygen atoms in total. The van der Waals surface area contributed by atoms with Crippen LogP contribution in [0.3, 0.4) is 0 Å². The molecule has 0 aliphatic heterocycles. The van der Waals surface area contributed by atoms with Gasteiger partial charge in [0.25, 0.3) is 0 Å². The third-order valence-corrected chi connectivity index (χ3v) is 4.92. The Morgan fingerprint density at radius 1 is 1.08 bits per heavy atom. The highest BCUT2D eigenvalue weighted by atomic mass is 32.1. The minimum Gasteiger partial charge on any atom is -0.326 e. The summed E-state index contributed by atoms with van der Waals surface area (Å²) in [6.07, 6.45) is 0.230. The van der Waals surface area contributed by atoms with Gasteiger partial charge in [0.2, 0.25) is 16.9 Å². The Balaban J connectivity index is 1.58. The van der Waals surface area contributed by atoms with Crippen LogP contribution in [0.5, 0.6) is 0 Å². The minimum absolute atomic E-state index is 0.127. The number of carbonyl (C=O) groups is 2. The van der Waals surface area contributed by atoms with Crippen molar-refractivity contribution < 1.29 is 9.59 Å². The summed E-state index contributed by atoms with van der Waals surface area (Å²) in [7, 11) is 0. The maximum atomic E-state index is 12.1. The molecule has 0 radical (unpaired) electrons. The van der Waals surface area contributed by atoms with Gasteiger partial charge in [-0.25, -0.2) is 0 Å². The Morgan fingerprint density at radius 3 is 2.54 bits per heavy atom. The zero-order valence-corrected chi connectivity index (χ0v) is 14.4. The molecule has 0 aliphatic rings. The average Bonchev–Trinajstić information content (AvgIpc) is 3.19. The van der Waals surface area contributed by atoms with Crippen molar-refractivity contribution in [2.75, 3.05) is 10.6 Å². The molecular formula is C16H14N4O2S2. The van der Waals surface area contributed by atoms with E-state index in [-0.39, 0.29) is 18.2 Å². The maximum absolute atomic E-state index is 12.1. The summed E-state index contributed by atoms with van der Waals surface area (Å²) in [6, 6.07) is 11.1. The number of aromatic nitrogens is 2. The fourth-order valence-electron chi connectivity index (χ4n) is 2.03. The second-order valence-electron chi connectivity index (χ2n) is 4.99. The number of nitrogens with zero attached hydrogens (tertiary/aromatic N) is 2. The van der Waals surface area contributed by atoms with Crippen LogP contribution in [0.4, 0.5) is 10.8 Å². The van der Waals surface area contributed by atoms with Gasteiger partial charge >= 0.3 is 0 Å². The van der Waals surface area contributed by atoms with E-state index in [9.17, 15) is 9.59 Å². The maximum Gasteiger partial charge on any atom is 0.230 e. The molecule has 2 aromatic heterocycles. The Kier molecular flexibility index (Phi) is 4.97. The lowest BCUT2D eigenvalue weighted by Crippen LogP contribution is -2.14. The normalized spacial score (nSPS) is 10.4. The van der Waals surface area contributed by atoms with Crippen LogP contribution in [-0.2, 0) is 16.0 Å². The van der Waals surface area contributed by atoms with E-state index in [1.807, 2.05) is 29.6 Å². The van der Waals surface area contributed by atoms with Crippen LogP contribution >= 0.6 is 22.7 Å². The van der Waals surface area contributed by atoms with Crippen molar-refractivity contribution in [1.82, 2.24) is 10.2 Å². The molecule has 2 N–H and O–H groups in total. The molecule has 0 fully saturated rings. The smallest absolute Gasteiger partial charge is 0.230 e. The molecule has 0 saturated heterocycles. The van der Waals surface area contributed by atoms with E-state index in [0.717, 1.165) is 15.4 Å². The lowest BCUT2D eigenvalue weighted by molar-refractivity contribution is -0.116. The zero-order valence-electron chi connectivity index (χ0n) is 12.8. The van der Waals surface area contributed by atoms with Crippen LogP contribution in [0, 0.1) is 0 Å². The molecule has 0 saturated carbocycles. The topological polar surface area (TPSA) is 84.0 Å². The molecule has 122 valence electrons. The van der Waals surface area contributed by atoms with Gasteiger partial charge in [0.15, 0.2) is 5.01 Å². The zero-order chi connectivity index (χ0) is 16.9. The van der Waals surface area contributed by atoms with Gasteiger partial charge in [0.1, 0.15) is 0 Å². The molecule has 0 spiro atoms. The van der Waals surface area contributed by atoms with E-state index in [1.54, 1.807) is 23.5 Å². The summed E-state index contributed by atoms with van der Waals surface area (Å²) in [5.74, 6) is -0.283. The van der Waals surface area contributed by atoms with Crippen molar-refractivity contribution in [2.45, 2.75) is 13.3 Å². The predicted octanol–water partition coefficient (Wildman–Crippen LogP) is 3.41. The van der Waals surface area contributed by atoms with Gasteiger partial charge in [-0.15, -0.1) is 21.5 Å². The second kappa shape index (κ2) is 7.33. The van der Waals surface area contributed by atoms with Crippen molar-refractivity contribution in [3.8, 4) is 9.88 Å². The summed E-state index contributed by atoms with van der Waals surface area (Å²) in [4.78, 5) is 24.1. The molecule has 3 aromatic rings. The van der Waals surface area contributed by atoms with E-state index >= 15 is 0 Å². The molecule has 2 amide bonds. The van der Waals surface area contributed by atoms with Gasteiger partial charge in [-0.3, -0.25) is 9.59 Å². The van der Waals surface area contributed by atoms with Crippen molar-refractivity contribution >= 4 is 45.3 Å². The van der Waals surface area contributed by atoms with Crippen LogP contribution < -0.4 is 10.6 Å². The van der Waals surface area contributed by atoms with Crippen molar-refractivity contribution in [3.63, 3.8) is 0 Å². The molecular weight excluding hydrogens is 344 g/mol. The lowest BCUT2D eigenvalue weighted by atomic mass is 10.1. The van der Waals surface area contributed by atoms with Crippen LogP contribution in [-0.4, -0.2) is 22.0 Å². The molecule has 3 rings (SSSR count). The van der Waals surface area contributed by atoms with Crippen molar-refractivity contribution in [1.29, 1.82) is 0 Å². The van der Waals surface area contributed by atoms with Gasteiger partial charge < -0.3 is 10.6 Å². The van der Waals surface area contributed by atoms with Crippen LogP contribution in [0.15, 0.2) is 41.8 Å². The predicted molar refractivity (Wildman–Crippen MR) is 96.3 cm³/mol. The van der Waals surface area contributed by atoms with E-state index in [4.69, 9.17) is 0 Å². The molecule has 2 heterocycles. The third-order valence-electron chi connectivity index (χ3n) is 3.04. The second-order valence-corrected chi connectivity index (χ2v) is 6.92. The Bertz CT molecular complexity index is 841. The van der Waals surface area contributed by atoms with Crippen LogP contribution in [0.1, 0.15) is 12.5 Å². The van der Waals surface area contributed by atoms with Gasteiger partial charge in [-0.1, -0.05) is 29.5 Å². The van der Waals surface area contributed by atoms with E-state index in [1.165, 1.54) is 18.3 Å². The average molecular weight is 358 g/mol. The first-order chi connectivity index (χ1) is 11.6. The van der Waals surface area contributed by atoms with Crippen LogP contribution in [0.2, 0.25) is 0 Å². The summed E-state index contributed by atoms with van der Waals surface area (Å²) >= 11 is 2.93. The Labute approximate surface area is 146 Å². The molecule has 0 bridgehead atoms. The largest absolute Gasteiger partial charge is 0.326 e. The Morgan fingerprint density at radius 2 is 1.88 bits per heavy atom. The van der Waals surface area contributed by atoms with E-state index in [0.29, 0.717) is 10.8 Å². The SMILES string of the molecule is CC(=O)Nc1ccc(CC(=O)Nc2nnc(-c3cccs3)s2)cc1. The summed E-state index contributed by atoms with van der Waals surface area (Å²) < 4.78 is 0. The Hall–Kier alpha value is -2.58. The first kappa shape index (κ1) is 16.3. The number of hydrogen-bond donors (Lipinski definition) is 2. The highest BCUT2D eigenvalue weighted by Gasteiger charge is 2.11. The monoisotopic (exact) mass is 358 g/mol. The fourth-order valence-corrected chi connectivity index (χ4v) is 3.58. The summed E-state index contributed by atoms with van der Waals surface area (Å²) in [6.45, 7) is 1.45. The number of anilines is 2. The first-order valence-corrected chi connectivity index (χ1v) is 8.83. The third kappa shape index (κ3) is 4.24. The van der Waals surface area contributed by atoms with Gasteiger partial charge in [0, 0.05) is 12.6 Å². The van der Waals surface area contributed by atoms with Gasteiger partial charge in [-0.05, 0) is 29.1 Å². The summed E-state index contributed by atoms with van der Waals surface area (Å²) in [5.41, 5.74) is 1.56. The highest BCUT2D eigenvalue weighted by molar-refractivity contribution is 7.23. The molecule has 1 aromatic carbocycles. The number of carbonyl (C=O) groups excluding carboxylic acids is 2. The first-order valence-electron chi connectivity index (χ1n) is 7.14. The number of thiophene rings is 1. The van der Waals surface area contributed by atoms with Crippen molar-refractivity contribution in [3.05, 3.63) is 47.3 Å². The number of nitrogens with one attached hydrogen (secondary N) is 2.